The molecule has 0 aliphatic carbocycles. The van der Waals surface area contributed by atoms with Crippen molar-refractivity contribution < 1.29 is 13.5 Å². The summed E-state index contributed by atoms with van der Waals surface area (Å²) in [5.74, 6) is 0.419. The van der Waals surface area contributed by atoms with Crippen LogP contribution in [0.1, 0.15) is 18.8 Å². The second-order valence-electron chi connectivity index (χ2n) is 5.53. The molecule has 0 atom stereocenters. The van der Waals surface area contributed by atoms with E-state index in [2.05, 4.69) is 9.97 Å². The highest BCUT2D eigenvalue weighted by Crippen LogP contribution is 2.23. The average molecular weight is 380 g/mol. The Hall–Kier alpha value is -2.26. The van der Waals surface area contributed by atoms with Crippen molar-refractivity contribution in [1.29, 1.82) is 0 Å². The molecule has 1 aromatic carbocycles. The van der Waals surface area contributed by atoms with Gasteiger partial charge in [-0.25, -0.2) is 9.97 Å². The summed E-state index contributed by atoms with van der Waals surface area (Å²) in [7, 11) is 1.60. The number of fused-ring (bicyclic) bond motifs is 1. The Labute approximate surface area is 152 Å². The van der Waals surface area contributed by atoms with Gasteiger partial charge in [0.25, 0.3) is 5.56 Å². The maximum Gasteiger partial charge on any atom is 0.319 e. The highest BCUT2D eigenvalue weighted by molar-refractivity contribution is 7.98. The second-order valence-corrected chi connectivity index (χ2v) is 6.47. The van der Waals surface area contributed by atoms with E-state index in [9.17, 15) is 13.6 Å². The van der Waals surface area contributed by atoms with Gasteiger partial charge in [-0.3, -0.25) is 13.9 Å². The number of hydrogen-bond donors (Lipinski definition) is 0. The van der Waals surface area contributed by atoms with E-state index < -0.39 is 6.55 Å². The first-order chi connectivity index (χ1) is 12.6. The molecule has 6 nitrogen and oxygen atoms in total. The van der Waals surface area contributed by atoms with Gasteiger partial charge in [-0.05, 0) is 18.6 Å². The first kappa shape index (κ1) is 18.5. The van der Waals surface area contributed by atoms with Crippen molar-refractivity contribution in [3.8, 4) is 0 Å². The highest BCUT2D eigenvalue weighted by atomic mass is 32.2. The molecule has 9 heteroatoms. The summed E-state index contributed by atoms with van der Waals surface area (Å²) < 4.78 is 33.4. The smallest absolute Gasteiger partial charge is 0.319 e. The van der Waals surface area contributed by atoms with Crippen LogP contribution in [-0.2, 0) is 17.0 Å². The summed E-state index contributed by atoms with van der Waals surface area (Å²) in [5.41, 5.74) is 0.437. The maximum absolute atomic E-state index is 13.0. The second kappa shape index (κ2) is 8.41. The van der Waals surface area contributed by atoms with Crippen molar-refractivity contribution in [3.05, 3.63) is 52.8 Å². The molecule has 0 aliphatic rings. The molecule has 26 heavy (non-hydrogen) atoms. The zero-order valence-electron chi connectivity index (χ0n) is 14.1. The molecule has 3 rings (SSSR count). The van der Waals surface area contributed by atoms with Crippen molar-refractivity contribution in [2.24, 2.45) is 0 Å². The molecule has 0 fully saturated rings. The average Bonchev–Trinajstić information content (AvgIpc) is 3.11. The molecule has 0 N–H and O–H groups in total. The van der Waals surface area contributed by atoms with Crippen LogP contribution >= 0.6 is 11.8 Å². The third kappa shape index (κ3) is 3.94. The molecule has 3 aromatic rings. The molecule has 0 spiro atoms. The van der Waals surface area contributed by atoms with Gasteiger partial charge in [0.15, 0.2) is 5.16 Å². The van der Waals surface area contributed by atoms with Crippen LogP contribution in [0.2, 0.25) is 0 Å². The number of benzene rings is 1. The lowest BCUT2D eigenvalue weighted by molar-refractivity contribution is 0.0678. The number of para-hydroxylation sites is 1. The van der Waals surface area contributed by atoms with E-state index in [1.165, 1.54) is 24.2 Å². The van der Waals surface area contributed by atoms with E-state index in [-0.39, 0.29) is 17.1 Å². The van der Waals surface area contributed by atoms with Crippen LogP contribution in [0.4, 0.5) is 8.78 Å². The van der Waals surface area contributed by atoms with Crippen molar-refractivity contribution >= 4 is 22.7 Å². The SMILES string of the molecule is COCCCn1c(SCc2nccn2C(F)F)nc2ccccc2c1=O. The molecular formula is C17H18F2N4O2S. The first-order valence-electron chi connectivity index (χ1n) is 8.03. The van der Waals surface area contributed by atoms with E-state index in [1.807, 2.05) is 6.07 Å². The topological polar surface area (TPSA) is 61.9 Å². The molecule has 0 aliphatic heterocycles. The van der Waals surface area contributed by atoms with Gasteiger partial charge in [0.05, 0.1) is 16.7 Å². The zero-order valence-corrected chi connectivity index (χ0v) is 15.0. The fraction of sp³-hybridized carbons (Fsp3) is 0.353. The minimum Gasteiger partial charge on any atom is -0.385 e. The molecule has 0 amide bonds. The number of rotatable bonds is 8. The summed E-state index contributed by atoms with van der Waals surface area (Å²) in [6, 6.07) is 7.09. The summed E-state index contributed by atoms with van der Waals surface area (Å²) >= 11 is 1.22. The molecule has 0 radical (unpaired) electrons. The standard InChI is InChI=1S/C17H18F2N4O2S/c1-25-10-4-8-23-15(24)12-5-2-3-6-13(12)21-17(23)26-11-14-20-7-9-22(14)16(18)19/h2-3,5-7,9,16H,4,8,10-11H2,1H3. The van der Waals surface area contributed by atoms with Crippen LogP contribution in [0.5, 0.6) is 0 Å². The van der Waals surface area contributed by atoms with Gasteiger partial charge in [0, 0.05) is 32.7 Å². The fourth-order valence-corrected chi connectivity index (χ4v) is 3.56. The Morgan fingerprint density at radius 3 is 2.88 bits per heavy atom. The van der Waals surface area contributed by atoms with E-state index >= 15 is 0 Å². The van der Waals surface area contributed by atoms with Gasteiger partial charge in [0.2, 0.25) is 0 Å². The Bertz CT molecular complexity index is 942. The molecule has 2 heterocycles. The number of hydrogen-bond acceptors (Lipinski definition) is 5. The number of methoxy groups -OCH3 is 1. The molecule has 0 bridgehead atoms. The van der Waals surface area contributed by atoms with Gasteiger partial charge in [-0.15, -0.1) is 0 Å². The van der Waals surface area contributed by atoms with Gasteiger partial charge < -0.3 is 4.74 Å². The summed E-state index contributed by atoms with van der Waals surface area (Å²) in [5, 5.41) is 1.01. The molecular weight excluding hydrogens is 362 g/mol. The predicted molar refractivity (Wildman–Crippen MR) is 95.5 cm³/mol. The van der Waals surface area contributed by atoms with Crippen molar-refractivity contribution in [2.75, 3.05) is 13.7 Å². The van der Waals surface area contributed by atoms with Crippen LogP contribution in [0.3, 0.4) is 0 Å². The predicted octanol–water partition coefficient (Wildman–Crippen LogP) is 3.32. The van der Waals surface area contributed by atoms with Gasteiger partial charge in [0.1, 0.15) is 5.82 Å². The van der Waals surface area contributed by atoms with Crippen LogP contribution in [-0.4, -0.2) is 32.8 Å². The quantitative estimate of drug-likeness (QED) is 0.341. The molecule has 138 valence electrons. The largest absolute Gasteiger partial charge is 0.385 e. The number of thioether (sulfide) groups is 1. The Morgan fingerprint density at radius 1 is 1.31 bits per heavy atom. The van der Waals surface area contributed by atoms with Crippen molar-refractivity contribution in [1.82, 2.24) is 19.1 Å². The van der Waals surface area contributed by atoms with E-state index in [1.54, 1.807) is 29.9 Å². The number of ether oxygens (including phenoxy) is 1. The third-order valence-corrected chi connectivity index (χ3v) is 4.82. The number of alkyl halides is 2. The zero-order chi connectivity index (χ0) is 18.5. The number of halogens is 2. The lowest BCUT2D eigenvalue weighted by atomic mass is 10.2. The van der Waals surface area contributed by atoms with Crippen LogP contribution in [0, 0.1) is 0 Å². The molecule has 0 saturated carbocycles. The maximum atomic E-state index is 13.0. The highest BCUT2D eigenvalue weighted by Gasteiger charge is 2.15. The fourth-order valence-electron chi connectivity index (χ4n) is 2.58. The summed E-state index contributed by atoms with van der Waals surface area (Å²) in [4.78, 5) is 21.3. The Kier molecular flexibility index (Phi) is 6.00. The van der Waals surface area contributed by atoms with E-state index in [4.69, 9.17) is 4.74 Å². The Morgan fingerprint density at radius 2 is 2.12 bits per heavy atom. The van der Waals surface area contributed by atoms with Gasteiger partial charge >= 0.3 is 6.55 Å². The lowest BCUT2D eigenvalue weighted by Crippen LogP contribution is -2.24. The van der Waals surface area contributed by atoms with Crippen molar-refractivity contribution in [2.45, 2.75) is 30.4 Å². The van der Waals surface area contributed by atoms with Gasteiger partial charge in [-0.1, -0.05) is 23.9 Å². The van der Waals surface area contributed by atoms with Crippen LogP contribution in [0.25, 0.3) is 10.9 Å². The summed E-state index contributed by atoms with van der Waals surface area (Å²) in [6.07, 6.45) is 3.22. The molecule has 0 saturated heterocycles. The van der Waals surface area contributed by atoms with Crippen LogP contribution < -0.4 is 5.56 Å². The van der Waals surface area contributed by atoms with Crippen molar-refractivity contribution in [3.63, 3.8) is 0 Å². The molecule has 0 unspecified atom stereocenters. The lowest BCUT2D eigenvalue weighted by Gasteiger charge is -2.13. The van der Waals surface area contributed by atoms with E-state index in [0.717, 1.165) is 4.57 Å². The first-order valence-corrected chi connectivity index (χ1v) is 9.01. The van der Waals surface area contributed by atoms with E-state index in [0.29, 0.717) is 35.6 Å². The normalized spacial score (nSPS) is 11.5. The van der Waals surface area contributed by atoms with Gasteiger partial charge in [-0.2, -0.15) is 8.78 Å². The minimum absolute atomic E-state index is 0.147. The molecule has 2 aromatic heterocycles. The Balaban J connectivity index is 1.93. The third-order valence-electron chi connectivity index (χ3n) is 3.85. The van der Waals surface area contributed by atoms with Crippen LogP contribution in [0.15, 0.2) is 46.6 Å². The summed E-state index contributed by atoms with van der Waals surface area (Å²) in [6.45, 7) is -1.70. The number of nitrogens with zero attached hydrogens (tertiary/aromatic N) is 4. The number of imidazole rings is 1. The minimum atomic E-state index is -2.65. The monoisotopic (exact) mass is 380 g/mol. The number of aromatic nitrogens is 4.